The van der Waals surface area contributed by atoms with Crippen LogP contribution >= 0.6 is 23.2 Å². The van der Waals surface area contributed by atoms with Gasteiger partial charge in [-0.3, -0.25) is 9.59 Å². The maximum Gasteiger partial charge on any atom is 0.310 e. The van der Waals surface area contributed by atoms with Crippen LogP contribution in [0.4, 0.5) is 5.69 Å². The van der Waals surface area contributed by atoms with Crippen molar-refractivity contribution in [3.63, 3.8) is 0 Å². The number of hydrogen-bond donors (Lipinski definition) is 1. The van der Waals surface area contributed by atoms with Gasteiger partial charge in [0.05, 0.1) is 16.5 Å². The van der Waals surface area contributed by atoms with Gasteiger partial charge in [0.1, 0.15) is 0 Å². The highest BCUT2D eigenvalue weighted by molar-refractivity contribution is 6.42. The molecule has 0 fully saturated rings. The van der Waals surface area contributed by atoms with Gasteiger partial charge in [-0.2, -0.15) is 0 Å². The second kappa shape index (κ2) is 7.82. The molecule has 0 aliphatic heterocycles. The van der Waals surface area contributed by atoms with E-state index in [4.69, 9.17) is 27.9 Å². The third-order valence-corrected chi connectivity index (χ3v) is 3.50. The second-order valence-electron chi connectivity index (χ2n) is 4.50. The van der Waals surface area contributed by atoms with E-state index in [-0.39, 0.29) is 13.0 Å². The van der Waals surface area contributed by atoms with Crippen molar-refractivity contribution in [3.05, 3.63) is 64.1 Å². The molecule has 0 spiro atoms. The Hall–Kier alpha value is -2.04. The van der Waals surface area contributed by atoms with Gasteiger partial charge in [0.15, 0.2) is 6.61 Å². The van der Waals surface area contributed by atoms with E-state index >= 15 is 0 Å². The molecule has 0 saturated carbocycles. The summed E-state index contributed by atoms with van der Waals surface area (Å²) in [5, 5.41) is 3.30. The maximum absolute atomic E-state index is 11.7. The molecule has 22 heavy (non-hydrogen) atoms. The van der Waals surface area contributed by atoms with E-state index in [1.807, 2.05) is 30.3 Å². The Balaban J connectivity index is 1.80. The van der Waals surface area contributed by atoms with Gasteiger partial charge in [0.25, 0.3) is 5.91 Å². The Bertz CT molecular complexity index is 674. The fourth-order valence-corrected chi connectivity index (χ4v) is 2.03. The number of halogens is 2. The molecule has 0 aromatic heterocycles. The molecular formula is C16H13Cl2NO3. The van der Waals surface area contributed by atoms with E-state index in [1.54, 1.807) is 12.1 Å². The highest BCUT2D eigenvalue weighted by Crippen LogP contribution is 2.24. The normalized spacial score (nSPS) is 10.1. The monoisotopic (exact) mass is 337 g/mol. The van der Waals surface area contributed by atoms with E-state index in [1.165, 1.54) is 6.07 Å². The molecule has 0 aliphatic rings. The summed E-state index contributed by atoms with van der Waals surface area (Å²) in [6.07, 6.45) is 0.126. The van der Waals surface area contributed by atoms with Crippen LogP contribution in [0.25, 0.3) is 0 Å². The average Bonchev–Trinajstić information content (AvgIpc) is 2.50. The van der Waals surface area contributed by atoms with Crippen LogP contribution in [0.2, 0.25) is 10.0 Å². The first kappa shape index (κ1) is 16.3. The zero-order valence-electron chi connectivity index (χ0n) is 11.5. The number of nitrogens with one attached hydrogen (secondary N) is 1. The first-order valence-electron chi connectivity index (χ1n) is 6.49. The number of ether oxygens (including phenoxy) is 1. The van der Waals surface area contributed by atoms with E-state index in [0.717, 1.165) is 5.56 Å². The topological polar surface area (TPSA) is 55.4 Å². The number of amides is 1. The number of hydrogen-bond acceptors (Lipinski definition) is 3. The minimum Gasteiger partial charge on any atom is -0.455 e. The summed E-state index contributed by atoms with van der Waals surface area (Å²) in [5.41, 5.74) is 1.32. The van der Waals surface area contributed by atoms with Gasteiger partial charge in [-0.25, -0.2) is 0 Å². The number of rotatable bonds is 5. The van der Waals surface area contributed by atoms with E-state index in [9.17, 15) is 9.59 Å². The standard InChI is InChI=1S/C16H13Cl2NO3/c17-13-7-6-12(9-14(13)18)19-15(20)10-22-16(21)8-11-4-2-1-3-5-11/h1-7,9H,8,10H2,(H,19,20). The molecule has 2 aromatic carbocycles. The Labute approximate surface area is 138 Å². The highest BCUT2D eigenvalue weighted by Gasteiger charge is 2.09. The van der Waals surface area contributed by atoms with Crippen LogP contribution in [0.1, 0.15) is 5.56 Å². The van der Waals surface area contributed by atoms with Crippen molar-refractivity contribution >= 4 is 40.8 Å². The largest absolute Gasteiger partial charge is 0.455 e. The molecule has 2 rings (SSSR count). The zero-order valence-corrected chi connectivity index (χ0v) is 13.0. The van der Waals surface area contributed by atoms with Crippen molar-refractivity contribution in [2.75, 3.05) is 11.9 Å². The van der Waals surface area contributed by atoms with Gasteiger partial charge in [-0.15, -0.1) is 0 Å². The fourth-order valence-electron chi connectivity index (χ4n) is 1.73. The highest BCUT2D eigenvalue weighted by atomic mass is 35.5. The van der Waals surface area contributed by atoms with Gasteiger partial charge in [-0.1, -0.05) is 53.5 Å². The number of benzene rings is 2. The molecule has 0 aliphatic carbocycles. The summed E-state index contributed by atoms with van der Waals surface area (Å²) in [6.45, 7) is -0.355. The average molecular weight is 338 g/mol. The van der Waals surface area contributed by atoms with Crippen LogP contribution < -0.4 is 5.32 Å². The molecule has 2 aromatic rings. The summed E-state index contributed by atoms with van der Waals surface area (Å²) in [4.78, 5) is 23.3. The lowest BCUT2D eigenvalue weighted by Gasteiger charge is -2.07. The molecule has 1 amide bonds. The van der Waals surface area contributed by atoms with Crippen LogP contribution in [0.5, 0.6) is 0 Å². The van der Waals surface area contributed by atoms with Crippen LogP contribution in [0, 0.1) is 0 Å². The van der Waals surface area contributed by atoms with Crippen molar-refractivity contribution in [2.45, 2.75) is 6.42 Å². The second-order valence-corrected chi connectivity index (χ2v) is 5.31. The van der Waals surface area contributed by atoms with Gasteiger partial charge in [-0.05, 0) is 23.8 Å². The van der Waals surface area contributed by atoms with Gasteiger partial charge in [0.2, 0.25) is 0 Å². The Morgan fingerprint density at radius 3 is 2.41 bits per heavy atom. The molecule has 114 valence electrons. The number of carbonyl (C=O) groups is 2. The molecule has 1 N–H and O–H groups in total. The molecule has 0 heterocycles. The quantitative estimate of drug-likeness (QED) is 0.846. The van der Waals surface area contributed by atoms with E-state index < -0.39 is 11.9 Å². The Morgan fingerprint density at radius 1 is 1.00 bits per heavy atom. The summed E-state index contributed by atoms with van der Waals surface area (Å²) >= 11 is 11.6. The lowest BCUT2D eigenvalue weighted by Crippen LogP contribution is -2.21. The molecule has 0 radical (unpaired) electrons. The number of esters is 1. The third kappa shape index (κ3) is 5.06. The smallest absolute Gasteiger partial charge is 0.310 e. The molecule has 6 heteroatoms. The van der Waals surface area contributed by atoms with Gasteiger partial charge in [0, 0.05) is 5.69 Å². The molecule has 0 atom stereocenters. The van der Waals surface area contributed by atoms with Crippen molar-refractivity contribution in [1.29, 1.82) is 0 Å². The summed E-state index contributed by atoms with van der Waals surface area (Å²) in [5.74, 6) is -0.907. The lowest BCUT2D eigenvalue weighted by atomic mass is 10.2. The first-order valence-corrected chi connectivity index (χ1v) is 7.24. The molecule has 0 saturated heterocycles. The zero-order chi connectivity index (χ0) is 15.9. The van der Waals surface area contributed by atoms with Crippen LogP contribution in [0.15, 0.2) is 48.5 Å². The molecule has 0 unspecified atom stereocenters. The molecule has 4 nitrogen and oxygen atoms in total. The van der Waals surface area contributed by atoms with Crippen LogP contribution in [-0.2, 0) is 20.7 Å². The minimum atomic E-state index is -0.463. The Morgan fingerprint density at radius 2 is 1.73 bits per heavy atom. The van der Waals surface area contributed by atoms with Crippen molar-refractivity contribution < 1.29 is 14.3 Å². The fraction of sp³-hybridized carbons (Fsp3) is 0.125. The predicted octanol–water partition coefficient (Wildman–Crippen LogP) is 3.72. The van der Waals surface area contributed by atoms with Crippen molar-refractivity contribution in [2.24, 2.45) is 0 Å². The van der Waals surface area contributed by atoms with Crippen molar-refractivity contribution in [3.8, 4) is 0 Å². The molecular weight excluding hydrogens is 325 g/mol. The van der Waals surface area contributed by atoms with Gasteiger partial charge < -0.3 is 10.1 Å². The summed E-state index contributed by atoms with van der Waals surface area (Å²) in [6, 6.07) is 13.9. The summed E-state index contributed by atoms with van der Waals surface area (Å²) in [7, 11) is 0. The van der Waals surface area contributed by atoms with Crippen molar-refractivity contribution in [1.82, 2.24) is 0 Å². The summed E-state index contributed by atoms with van der Waals surface area (Å²) < 4.78 is 4.92. The number of carbonyl (C=O) groups excluding carboxylic acids is 2. The maximum atomic E-state index is 11.7. The van der Waals surface area contributed by atoms with Gasteiger partial charge >= 0.3 is 5.97 Å². The van der Waals surface area contributed by atoms with E-state index in [2.05, 4.69) is 5.32 Å². The third-order valence-electron chi connectivity index (χ3n) is 2.76. The van der Waals surface area contributed by atoms with E-state index in [0.29, 0.717) is 15.7 Å². The predicted molar refractivity (Wildman–Crippen MR) is 86.2 cm³/mol. The van der Waals surface area contributed by atoms with Crippen LogP contribution in [0.3, 0.4) is 0 Å². The lowest BCUT2D eigenvalue weighted by molar-refractivity contribution is -0.146. The molecule has 0 bridgehead atoms. The first-order chi connectivity index (χ1) is 10.5. The van der Waals surface area contributed by atoms with Crippen LogP contribution in [-0.4, -0.2) is 18.5 Å². The minimum absolute atomic E-state index is 0.126. The Kier molecular flexibility index (Phi) is 5.81. The number of anilines is 1. The SMILES string of the molecule is O=C(COC(=O)Cc1ccccc1)Nc1ccc(Cl)c(Cl)c1.